The Balaban J connectivity index is 3.12. The molecule has 1 aromatic rings. The van der Waals surface area contributed by atoms with E-state index in [2.05, 4.69) is 0 Å². The van der Waals surface area contributed by atoms with Gasteiger partial charge in [0, 0.05) is 11.6 Å². The van der Waals surface area contributed by atoms with Gasteiger partial charge in [-0.15, -0.1) is 0 Å². The van der Waals surface area contributed by atoms with Crippen LogP contribution in [0.4, 0.5) is 0 Å². The van der Waals surface area contributed by atoms with Crippen molar-refractivity contribution in [3.63, 3.8) is 0 Å². The molecule has 1 N–H and O–H groups in total. The Bertz CT molecular complexity index is 486. The summed E-state index contributed by atoms with van der Waals surface area (Å²) in [6, 6.07) is 3.33. The molecule has 0 aliphatic heterocycles. The highest BCUT2D eigenvalue weighted by molar-refractivity contribution is 6.08. The number of hydrogen-bond acceptors (Lipinski definition) is 3. The summed E-state index contributed by atoms with van der Waals surface area (Å²) in [5.41, 5.74) is 2.16. The van der Waals surface area contributed by atoms with E-state index in [1.54, 1.807) is 26.2 Å². The molecule has 0 spiro atoms. The molecule has 0 aliphatic rings. The Kier molecular flexibility index (Phi) is 4.04. The Morgan fingerprint density at radius 2 is 1.82 bits per heavy atom. The number of rotatable bonds is 4. The fraction of sp³-hybridized carbons (Fsp3) is 0.231. The Morgan fingerprint density at radius 3 is 2.35 bits per heavy atom. The number of allylic oxidation sites excluding steroid dienone is 1. The van der Waals surface area contributed by atoms with Crippen LogP contribution in [0.25, 0.3) is 0 Å². The molecule has 0 fully saturated rings. The third-order valence-electron chi connectivity index (χ3n) is 2.60. The predicted octanol–water partition coefficient (Wildman–Crippen LogP) is 2.14. The fourth-order valence-electron chi connectivity index (χ4n) is 1.52. The van der Waals surface area contributed by atoms with E-state index in [0.717, 1.165) is 23.3 Å². The number of ether oxygens (including phenoxy) is 1. The zero-order valence-corrected chi connectivity index (χ0v) is 9.98. The molecule has 0 saturated heterocycles. The van der Waals surface area contributed by atoms with E-state index in [1.807, 2.05) is 6.92 Å². The summed E-state index contributed by atoms with van der Waals surface area (Å²) in [5.74, 6) is -0.752. The molecule has 90 valence electrons. The molecule has 1 rings (SSSR count). The van der Waals surface area contributed by atoms with Gasteiger partial charge in [-0.1, -0.05) is 0 Å². The number of benzene rings is 1. The minimum absolute atomic E-state index is 0.323. The molecule has 17 heavy (non-hydrogen) atoms. The third-order valence-corrected chi connectivity index (χ3v) is 2.60. The van der Waals surface area contributed by atoms with Crippen molar-refractivity contribution in [3.05, 3.63) is 41.0 Å². The molecule has 1 aromatic carbocycles. The van der Waals surface area contributed by atoms with Crippen LogP contribution in [-0.2, 0) is 4.79 Å². The van der Waals surface area contributed by atoms with Crippen molar-refractivity contribution in [1.82, 2.24) is 0 Å². The van der Waals surface area contributed by atoms with E-state index >= 15 is 0 Å². The van der Waals surface area contributed by atoms with Crippen LogP contribution in [0.1, 0.15) is 21.5 Å². The van der Waals surface area contributed by atoms with Gasteiger partial charge in [-0.25, -0.2) is 4.79 Å². The summed E-state index contributed by atoms with van der Waals surface area (Å²) in [6.45, 7) is 3.66. The van der Waals surface area contributed by atoms with Crippen molar-refractivity contribution in [2.45, 2.75) is 13.8 Å². The zero-order valence-electron chi connectivity index (χ0n) is 9.98. The van der Waals surface area contributed by atoms with Gasteiger partial charge in [-0.3, -0.25) is 4.79 Å². The van der Waals surface area contributed by atoms with Gasteiger partial charge in [-0.05, 0) is 43.2 Å². The SMILES string of the molecule is COc1ccc(C(=O)/C=C/C(=O)O)c(C)c1C. The van der Waals surface area contributed by atoms with Crippen LogP contribution in [0, 0.1) is 13.8 Å². The quantitative estimate of drug-likeness (QED) is 0.640. The van der Waals surface area contributed by atoms with Crippen LogP contribution < -0.4 is 4.74 Å². The largest absolute Gasteiger partial charge is 0.496 e. The van der Waals surface area contributed by atoms with Crippen LogP contribution >= 0.6 is 0 Å². The van der Waals surface area contributed by atoms with Crippen LogP contribution in [0.15, 0.2) is 24.3 Å². The number of carboxylic acids is 1. The highest BCUT2D eigenvalue weighted by Crippen LogP contribution is 2.24. The summed E-state index contributed by atoms with van der Waals surface area (Å²) in [5, 5.41) is 8.46. The molecule has 4 heteroatoms. The number of carboxylic acid groups (broad SMARTS) is 1. The van der Waals surface area contributed by atoms with Crippen LogP contribution in [0.2, 0.25) is 0 Å². The normalized spacial score (nSPS) is 10.5. The first-order valence-corrected chi connectivity index (χ1v) is 5.07. The summed E-state index contributed by atoms with van der Waals surface area (Å²) in [7, 11) is 1.56. The average Bonchev–Trinajstić information content (AvgIpc) is 2.29. The van der Waals surface area contributed by atoms with Crippen molar-refractivity contribution in [2.75, 3.05) is 7.11 Å². The van der Waals surface area contributed by atoms with Gasteiger partial charge < -0.3 is 9.84 Å². The summed E-state index contributed by atoms with van der Waals surface area (Å²) < 4.78 is 5.14. The number of ketones is 1. The molecule has 0 heterocycles. The molecule has 0 unspecified atom stereocenters. The molecule has 4 nitrogen and oxygen atoms in total. The van der Waals surface area contributed by atoms with Gasteiger partial charge in [0.25, 0.3) is 0 Å². The lowest BCUT2D eigenvalue weighted by molar-refractivity contribution is -0.131. The smallest absolute Gasteiger partial charge is 0.328 e. The van der Waals surface area contributed by atoms with E-state index in [1.165, 1.54) is 0 Å². The highest BCUT2D eigenvalue weighted by Gasteiger charge is 2.11. The van der Waals surface area contributed by atoms with Gasteiger partial charge in [0.15, 0.2) is 5.78 Å². The van der Waals surface area contributed by atoms with Gasteiger partial charge in [-0.2, -0.15) is 0 Å². The molecule has 0 aliphatic carbocycles. The minimum Gasteiger partial charge on any atom is -0.496 e. The second-order valence-corrected chi connectivity index (χ2v) is 3.60. The van der Waals surface area contributed by atoms with E-state index in [0.29, 0.717) is 11.3 Å². The average molecular weight is 234 g/mol. The first-order valence-electron chi connectivity index (χ1n) is 5.07. The van der Waals surface area contributed by atoms with E-state index < -0.39 is 5.97 Å². The third kappa shape index (κ3) is 2.93. The Hall–Kier alpha value is -2.10. The lowest BCUT2D eigenvalue weighted by Gasteiger charge is -2.10. The molecule has 0 bridgehead atoms. The molecular weight excluding hydrogens is 220 g/mol. The van der Waals surface area contributed by atoms with Crippen molar-refractivity contribution >= 4 is 11.8 Å². The first kappa shape index (κ1) is 13.0. The van der Waals surface area contributed by atoms with Crippen molar-refractivity contribution in [2.24, 2.45) is 0 Å². The minimum atomic E-state index is -1.14. The van der Waals surface area contributed by atoms with Crippen LogP contribution in [-0.4, -0.2) is 24.0 Å². The highest BCUT2D eigenvalue weighted by atomic mass is 16.5. The standard InChI is InChI=1S/C13H14O4/c1-8-9(2)12(17-3)6-4-10(8)11(14)5-7-13(15)16/h4-7H,1-3H3,(H,15,16)/b7-5+. The lowest BCUT2D eigenvalue weighted by atomic mass is 9.99. The molecule has 0 amide bonds. The summed E-state index contributed by atoms with van der Waals surface area (Å²) in [6.07, 6.45) is 1.89. The van der Waals surface area contributed by atoms with Crippen LogP contribution in [0.3, 0.4) is 0 Å². The number of methoxy groups -OCH3 is 1. The van der Waals surface area contributed by atoms with E-state index in [-0.39, 0.29) is 5.78 Å². The number of carbonyl (C=O) groups is 2. The summed E-state index contributed by atoms with van der Waals surface area (Å²) >= 11 is 0. The second-order valence-electron chi connectivity index (χ2n) is 3.60. The fourth-order valence-corrected chi connectivity index (χ4v) is 1.52. The van der Waals surface area contributed by atoms with E-state index in [4.69, 9.17) is 9.84 Å². The maximum atomic E-state index is 11.7. The first-order chi connectivity index (χ1) is 7.97. The number of hydrogen-bond donors (Lipinski definition) is 1. The van der Waals surface area contributed by atoms with E-state index in [9.17, 15) is 9.59 Å². The molecule has 0 radical (unpaired) electrons. The number of aliphatic carboxylic acids is 1. The van der Waals surface area contributed by atoms with Gasteiger partial charge in [0.1, 0.15) is 5.75 Å². The maximum absolute atomic E-state index is 11.7. The zero-order chi connectivity index (χ0) is 13.0. The van der Waals surface area contributed by atoms with Crippen LogP contribution in [0.5, 0.6) is 5.75 Å². The van der Waals surface area contributed by atoms with Gasteiger partial charge >= 0.3 is 5.97 Å². The van der Waals surface area contributed by atoms with Crippen molar-refractivity contribution < 1.29 is 19.4 Å². The van der Waals surface area contributed by atoms with Gasteiger partial charge in [0.05, 0.1) is 7.11 Å². The molecule has 0 atom stereocenters. The Labute approximate surface area is 99.5 Å². The second kappa shape index (κ2) is 5.30. The Morgan fingerprint density at radius 1 is 1.18 bits per heavy atom. The lowest BCUT2D eigenvalue weighted by Crippen LogP contribution is -2.02. The monoisotopic (exact) mass is 234 g/mol. The summed E-state index contributed by atoms with van der Waals surface area (Å²) in [4.78, 5) is 22.1. The topological polar surface area (TPSA) is 63.6 Å². The molecule has 0 aromatic heterocycles. The van der Waals surface area contributed by atoms with Crippen molar-refractivity contribution in [1.29, 1.82) is 0 Å². The molecular formula is C13H14O4. The molecule has 0 saturated carbocycles. The maximum Gasteiger partial charge on any atom is 0.328 e. The number of carbonyl (C=O) groups excluding carboxylic acids is 1. The van der Waals surface area contributed by atoms with Gasteiger partial charge in [0.2, 0.25) is 0 Å². The predicted molar refractivity (Wildman–Crippen MR) is 63.6 cm³/mol. The van der Waals surface area contributed by atoms with Crippen molar-refractivity contribution in [3.8, 4) is 5.75 Å².